The van der Waals surface area contributed by atoms with E-state index in [1.807, 2.05) is 7.05 Å². The molecule has 0 saturated carbocycles. The molecular weight excluding hydrogens is 420 g/mol. The van der Waals surface area contributed by atoms with Crippen molar-refractivity contribution in [2.45, 2.75) is 38.5 Å². The zero-order valence-electron chi connectivity index (χ0n) is 20.0. The van der Waals surface area contributed by atoms with Crippen molar-refractivity contribution in [1.29, 1.82) is 0 Å². The zero-order valence-corrected chi connectivity index (χ0v) is 20.0. The van der Waals surface area contributed by atoms with Crippen LogP contribution in [0.1, 0.15) is 36.0 Å². The highest BCUT2D eigenvalue weighted by Crippen LogP contribution is 2.31. The third-order valence-corrected chi connectivity index (χ3v) is 6.73. The van der Waals surface area contributed by atoms with Crippen LogP contribution < -0.4 is 15.5 Å². The summed E-state index contributed by atoms with van der Waals surface area (Å²) in [5.74, 6) is 2.72. The first kappa shape index (κ1) is 22.3. The molecular formula is C28H34N6. The van der Waals surface area contributed by atoms with Crippen molar-refractivity contribution in [3.8, 4) is 0 Å². The SMILES string of the molecule is CNc1nc(NCCc2ccccc2)c(CCc2c[nH]c3ccccc23)c(N2CCCCC2)n1. The fourth-order valence-corrected chi connectivity index (χ4v) is 4.90. The predicted octanol–water partition coefficient (Wildman–Crippen LogP) is 5.43. The van der Waals surface area contributed by atoms with Crippen LogP contribution in [-0.2, 0) is 19.3 Å². The lowest BCUT2D eigenvalue weighted by molar-refractivity contribution is 0.571. The van der Waals surface area contributed by atoms with E-state index in [0.717, 1.165) is 50.5 Å². The average molecular weight is 455 g/mol. The Hall–Kier alpha value is -3.54. The molecule has 5 rings (SSSR count). The van der Waals surface area contributed by atoms with Crippen molar-refractivity contribution in [3.63, 3.8) is 0 Å². The van der Waals surface area contributed by atoms with Crippen LogP contribution in [-0.4, -0.2) is 41.6 Å². The van der Waals surface area contributed by atoms with Gasteiger partial charge >= 0.3 is 0 Å². The number of hydrogen-bond donors (Lipinski definition) is 3. The number of aryl methyl sites for hydroxylation is 1. The summed E-state index contributed by atoms with van der Waals surface area (Å²) in [5.41, 5.74) is 5.08. The lowest BCUT2D eigenvalue weighted by Gasteiger charge is -2.30. The van der Waals surface area contributed by atoms with Crippen LogP contribution in [0.2, 0.25) is 0 Å². The quantitative estimate of drug-likeness (QED) is 0.315. The third kappa shape index (κ3) is 5.01. The summed E-state index contributed by atoms with van der Waals surface area (Å²) in [6.07, 6.45) is 8.69. The molecule has 176 valence electrons. The molecule has 3 heterocycles. The van der Waals surface area contributed by atoms with Crippen molar-refractivity contribution in [2.24, 2.45) is 0 Å². The Bertz CT molecular complexity index is 1210. The number of piperidine rings is 1. The van der Waals surface area contributed by atoms with Gasteiger partial charge in [0, 0.05) is 49.3 Å². The number of nitrogens with zero attached hydrogens (tertiary/aromatic N) is 3. The van der Waals surface area contributed by atoms with Gasteiger partial charge < -0.3 is 20.5 Å². The van der Waals surface area contributed by atoms with Gasteiger partial charge in [0.25, 0.3) is 0 Å². The molecule has 0 atom stereocenters. The summed E-state index contributed by atoms with van der Waals surface area (Å²) in [5, 5.41) is 8.14. The van der Waals surface area contributed by atoms with E-state index in [1.165, 1.54) is 46.9 Å². The van der Waals surface area contributed by atoms with Crippen LogP contribution in [0.3, 0.4) is 0 Å². The number of benzene rings is 2. The van der Waals surface area contributed by atoms with E-state index in [4.69, 9.17) is 9.97 Å². The van der Waals surface area contributed by atoms with Crippen molar-refractivity contribution in [1.82, 2.24) is 15.0 Å². The largest absolute Gasteiger partial charge is 0.369 e. The number of H-pyrrole nitrogens is 1. The van der Waals surface area contributed by atoms with Crippen LogP contribution >= 0.6 is 0 Å². The summed E-state index contributed by atoms with van der Waals surface area (Å²) in [6, 6.07) is 19.1. The molecule has 6 nitrogen and oxygen atoms in total. The van der Waals surface area contributed by atoms with Crippen molar-refractivity contribution in [2.75, 3.05) is 42.2 Å². The van der Waals surface area contributed by atoms with E-state index in [9.17, 15) is 0 Å². The highest BCUT2D eigenvalue weighted by atomic mass is 15.2. The number of hydrogen-bond acceptors (Lipinski definition) is 5. The molecule has 1 saturated heterocycles. The Balaban J connectivity index is 1.43. The van der Waals surface area contributed by atoms with Gasteiger partial charge in [0.05, 0.1) is 0 Å². The molecule has 0 radical (unpaired) electrons. The maximum Gasteiger partial charge on any atom is 0.226 e. The molecule has 2 aromatic heterocycles. The van der Waals surface area contributed by atoms with Crippen LogP contribution in [0, 0.1) is 0 Å². The molecule has 0 spiro atoms. The summed E-state index contributed by atoms with van der Waals surface area (Å²) >= 11 is 0. The van der Waals surface area contributed by atoms with Gasteiger partial charge in [-0.05, 0) is 55.7 Å². The monoisotopic (exact) mass is 454 g/mol. The number of fused-ring (bicyclic) bond motifs is 1. The normalized spacial score (nSPS) is 13.9. The van der Waals surface area contributed by atoms with Crippen LogP contribution in [0.25, 0.3) is 10.9 Å². The molecule has 0 aliphatic carbocycles. The standard InChI is InChI=1S/C28H34N6/c1-29-28-32-26(30-17-16-21-10-4-2-5-11-21)24(27(33-28)34-18-8-3-9-19-34)15-14-22-20-31-25-13-7-6-12-23(22)25/h2,4-7,10-13,20,31H,3,8-9,14-19H2,1H3,(H2,29,30,32,33). The molecule has 1 aliphatic rings. The lowest BCUT2D eigenvalue weighted by Crippen LogP contribution is -2.32. The number of aromatic nitrogens is 3. The van der Waals surface area contributed by atoms with Crippen molar-refractivity contribution in [3.05, 3.63) is 77.5 Å². The van der Waals surface area contributed by atoms with Crippen molar-refractivity contribution >= 4 is 28.5 Å². The average Bonchev–Trinajstić information content (AvgIpc) is 3.31. The molecule has 6 heteroatoms. The maximum absolute atomic E-state index is 4.96. The number of anilines is 3. The first-order valence-corrected chi connectivity index (χ1v) is 12.5. The van der Waals surface area contributed by atoms with Gasteiger partial charge in [-0.1, -0.05) is 48.5 Å². The summed E-state index contributed by atoms with van der Waals surface area (Å²) in [7, 11) is 1.90. The Kier molecular flexibility index (Phi) is 6.94. The smallest absolute Gasteiger partial charge is 0.226 e. The van der Waals surface area contributed by atoms with Gasteiger partial charge in [0.1, 0.15) is 11.6 Å². The minimum absolute atomic E-state index is 0.679. The van der Waals surface area contributed by atoms with Gasteiger partial charge in [-0.3, -0.25) is 0 Å². The van der Waals surface area contributed by atoms with E-state index in [-0.39, 0.29) is 0 Å². The fraction of sp³-hybridized carbons (Fsp3) is 0.357. The van der Waals surface area contributed by atoms with E-state index >= 15 is 0 Å². The number of aromatic amines is 1. The van der Waals surface area contributed by atoms with E-state index in [0.29, 0.717) is 5.95 Å². The highest BCUT2D eigenvalue weighted by Gasteiger charge is 2.21. The Morgan fingerprint density at radius 3 is 2.50 bits per heavy atom. The Morgan fingerprint density at radius 2 is 1.68 bits per heavy atom. The molecule has 4 aromatic rings. The third-order valence-electron chi connectivity index (χ3n) is 6.73. The molecule has 3 N–H and O–H groups in total. The molecule has 0 unspecified atom stereocenters. The second-order valence-electron chi connectivity index (χ2n) is 9.02. The number of rotatable bonds is 9. The first-order chi connectivity index (χ1) is 16.8. The fourth-order valence-electron chi connectivity index (χ4n) is 4.90. The van der Waals surface area contributed by atoms with Gasteiger partial charge in [-0.25, -0.2) is 0 Å². The summed E-state index contributed by atoms with van der Waals surface area (Å²) in [6.45, 7) is 2.96. The molecule has 34 heavy (non-hydrogen) atoms. The van der Waals surface area contributed by atoms with E-state index < -0.39 is 0 Å². The van der Waals surface area contributed by atoms with Crippen molar-refractivity contribution < 1.29 is 0 Å². The van der Waals surface area contributed by atoms with Gasteiger partial charge in [-0.2, -0.15) is 9.97 Å². The maximum atomic E-state index is 4.96. The summed E-state index contributed by atoms with van der Waals surface area (Å²) < 4.78 is 0. The Morgan fingerprint density at radius 1 is 0.882 bits per heavy atom. The van der Waals surface area contributed by atoms with E-state index in [2.05, 4.69) is 81.3 Å². The van der Waals surface area contributed by atoms with Crippen LogP contribution in [0.5, 0.6) is 0 Å². The van der Waals surface area contributed by atoms with Crippen LogP contribution in [0.4, 0.5) is 17.6 Å². The number of para-hydroxylation sites is 1. The molecule has 1 aliphatic heterocycles. The van der Waals surface area contributed by atoms with Gasteiger partial charge in [0.15, 0.2) is 0 Å². The molecule has 1 fully saturated rings. The second-order valence-corrected chi connectivity index (χ2v) is 9.02. The topological polar surface area (TPSA) is 68.9 Å². The first-order valence-electron chi connectivity index (χ1n) is 12.5. The second kappa shape index (κ2) is 10.6. The van der Waals surface area contributed by atoms with Gasteiger partial charge in [0.2, 0.25) is 5.95 Å². The zero-order chi connectivity index (χ0) is 23.2. The minimum Gasteiger partial charge on any atom is -0.369 e. The summed E-state index contributed by atoms with van der Waals surface area (Å²) in [4.78, 5) is 15.7. The number of nitrogens with one attached hydrogen (secondary N) is 3. The minimum atomic E-state index is 0.679. The van der Waals surface area contributed by atoms with Gasteiger partial charge in [-0.15, -0.1) is 0 Å². The predicted molar refractivity (Wildman–Crippen MR) is 142 cm³/mol. The molecule has 0 bridgehead atoms. The molecule has 2 aromatic carbocycles. The highest BCUT2D eigenvalue weighted by molar-refractivity contribution is 5.83. The molecule has 0 amide bonds. The van der Waals surface area contributed by atoms with Crippen LogP contribution in [0.15, 0.2) is 60.8 Å². The van der Waals surface area contributed by atoms with E-state index in [1.54, 1.807) is 0 Å². The Labute approximate surface area is 201 Å². The lowest BCUT2D eigenvalue weighted by atomic mass is 10.0.